The van der Waals surface area contributed by atoms with Crippen molar-refractivity contribution >= 4 is 63.8 Å². The Morgan fingerprint density at radius 1 is 0.407 bits per heavy atom. The van der Waals surface area contributed by atoms with E-state index in [-0.39, 0.29) is 0 Å². The van der Waals surface area contributed by atoms with Crippen LogP contribution in [0.2, 0.25) is 0 Å². The zero-order chi connectivity index (χ0) is 35.1. The highest BCUT2D eigenvalue weighted by Crippen LogP contribution is 2.64. The molecule has 14 rings (SSSR count). The van der Waals surface area contributed by atoms with Crippen LogP contribution in [0, 0.1) is 29.6 Å². The summed E-state index contributed by atoms with van der Waals surface area (Å²) in [4.78, 5) is 0. The topological polar surface area (TPSA) is 0 Å². The summed E-state index contributed by atoms with van der Waals surface area (Å²) in [6.07, 6.45) is 7.35. The van der Waals surface area contributed by atoms with E-state index in [0.717, 1.165) is 29.6 Å². The van der Waals surface area contributed by atoms with Crippen LogP contribution >= 0.6 is 11.3 Å². The third kappa shape index (κ3) is 4.09. The van der Waals surface area contributed by atoms with Crippen LogP contribution in [0.4, 0.5) is 0 Å². The third-order valence-electron chi connectivity index (χ3n) is 14.5. The molecule has 0 nitrogen and oxygen atoms in total. The molecule has 8 aromatic carbocycles. The van der Waals surface area contributed by atoms with Crippen LogP contribution in [0.1, 0.15) is 49.1 Å². The van der Waals surface area contributed by atoms with E-state index in [4.69, 9.17) is 0 Å². The number of benzene rings is 8. The molecule has 258 valence electrons. The van der Waals surface area contributed by atoms with Gasteiger partial charge in [0.2, 0.25) is 0 Å². The molecule has 4 bridgehead atoms. The highest BCUT2D eigenvalue weighted by Gasteiger charge is 2.52. The quantitative estimate of drug-likeness (QED) is 0.160. The Bertz CT molecular complexity index is 2950. The maximum absolute atomic E-state index is 2.61. The lowest BCUT2D eigenvalue weighted by Crippen LogP contribution is -2.47. The van der Waals surface area contributed by atoms with E-state index >= 15 is 0 Å². The van der Waals surface area contributed by atoms with Crippen LogP contribution < -0.4 is 0 Å². The minimum absolute atomic E-state index is 0.501. The minimum Gasteiger partial charge on any atom is -0.135 e. The lowest BCUT2D eigenvalue weighted by Gasteiger charge is -2.56. The van der Waals surface area contributed by atoms with Crippen molar-refractivity contribution in [2.45, 2.75) is 38.0 Å². The molecule has 0 saturated heterocycles. The number of thiophene rings is 1. The van der Waals surface area contributed by atoms with Gasteiger partial charge >= 0.3 is 0 Å². The summed E-state index contributed by atoms with van der Waals surface area (Å²) in [6.45, 7) is 0. The Kier molecular flexibility index (Phi) is 6.22. The zero-order valence-corrected chi connectivity index (χ0v) is 31.1. The van der Waals surface area contributed by atoms with Crippen LogP contribution in [0.25, 0.3) is 85.9 Å². The summed E-state index contributed by atoms with van der Waals surface area (Å²) in [5.74, 6) is 4.99. The van der Waals surface area contributed by atoms with E-state index in [2.05, 4.69) is 146 Å². The molecule has 0 spiro atoms. The highest BCUT2D eigenvalue weighted by atomic mass is 32.1. The van der Waals surface area contributed by atoms with Crippen molar-refractivity contribution in [2.75, 3.05) is 0 Å². The first kappa shape index (κ1) is 30.1. The summed E-state index contributed by atoms with van der Waals surface area (Å²) in [5.41, 5.74) is 11.5. The molecule has 54 heavy (non-hydrogen) atoms. The van der Waals surface area contributed by atoms with Gasteiger partial charge in [-0.25, -0.2) is 0 Å². The van der Waals surface area contributed by atoms with E-state index < -0.39 is 0 Å². The molecule has 1 heteroatoms. The second-order valence-corrected chi connectivity index (χ2v) is 18.2. The lowest BCUT2D eigenvalue weighted by atomic mass is 9.49. The summed E-state index contributed by atoms with van der Waals surface area (Å²) >= 11 is 1.93. The lowest BCUT2D eigenvalue weighted by molar-refractivity contribution is -0.0424. The van der Waals surface area contributed by atoms with Crippen LogP contribution in [0.3, 0.4) is 0 Å². The van der Waals surface area contributed by atoms with Crippen molar-refractivity contribution in [1.82, 2.24) is 0 Å². The Hall–Kier alpha value is -5.24. The fourth-order valence-electron chi connectivity index (χ4n) is 12.8. The molecule has 0 N–H and O–H groups in total. The second kappa shape index (κ2) is 11.2. The predicted octanol–water partition coefficient (Wildman–Crippen LogP) is 15.0. The van der Waals surface area contributed by atoms with Crippen molar-refractivity contribution in [3.05, 3.63) is 157 Å². The molecule has 1 unspecified atom stereocenters. The Balaban J connectivity index is 1.07. The van der Waals surface area contributed by atoms with Crippen LogP contribution in [0.5, 0.6) is 0 Å². The first-order valence-electron chi connectivity index (χ1n) is 20.3. The predicted molar refractivity (Wildman–Crippen MR) is 231 cm³/mol. The van der Waals surface area contributed by atoms with Crippen LogP contribution in [-0.2, 0) is 0 Å². The van der Waals surface area contributed by atoms with Gasteiger partial charge in [-0.1, -0.05) is 133 Å². The van der Waals surface area contributed by atoms with Crippen molar-refractivity contribution in [3.63, 3.8) is 0 Å². The summed E-state index contributed by atoms with van der Waals surface area (Å²) in [5, 5.41) is 10.8. The molecule has 9 aromatic rings. The van der Waals surface area contributed by atoms with Crippen molar-refractivity contribution in [2.24, 2.45) is 29.6 Å². The van der Waals surface area contributed by atoms with E-state index in [1.807, 2.05) is 11.3 Å². The molecular weight excluding hydrogens is 669 g/mol. The largest absolute Gasteiger partial charge is 0.135 e. The van der Waals surface area contributed by atoms with Gasteiger partial charge in [0.1, 0.15) is 0 Å². The van der Waals surface area contributed by atoms with Gasteiger partial charge in [0.05, 0.1) is 0 Å². The van der Waals surface area contributed by atoms with Crippen LogP contribution in [-0.4, -0.2) is 0 Å². The molecule has 4 saturated carbocycles. The number of hydrogen-bond acceptors (Lipinski definition) is 1. The second-order valence-electron chi connectivity index (χ2n) is 17.2. The van der Waals surface area contributed by atoms with Gasteiger partial charge < -0.3 is 0 Å². The van der Waals surface area contributed by atoms with Crippen LogP contribution in [0.15, 0.2) is 146 Å². The normalized spacial score (nSPS) is 23.9. The first-order chi connectivity index (χ1) is 26.8. The average molecular weight is 709 g/mol. The van der Waals surface area contributed by atoms with Gasteiger partial charge in [-0.3, -0.25) is 0 Å². The first-order valence-corrected chi connectivity index (χ1v) is 21.1. The maximum Gasteiger partial charge on any atom is 0.0434 e. The monoisotopic (exact) mass is 708 g/mol. The smallest absolute Gasteiger partial charge is 0.0434 e. The summed E-state index contributed by atoms with van der Waals surface area (Å²) < 4.78 is 2.72. The Labute approximate surface area is 320 Å². The van der Waals surface area contributed by atoms with E-state index in [9.17, 15) is 0 Å². The number of rotatable bonds is 3. The molecule has 1 aromatic heterocycles. The Morgan fingerprint density at radius 2 is 1.00 bits per heavy atom. The van der Waals surface area contributed by atoms with E-state index in [1.54, 1.807) is 11.1 Å². The highest BCUT2D eigenvalue weighted by molar-refractivity contribution is 7.26. The molecular formula is C53H40S. The minimum atomic E-state index is 0.501. The summed E-state index contributed by atoms with van der Waals surface area (Å²) in [6, 6.07) is 56.0. The molecule has 4 fully saturated rings. The molecule has 0 amide bonds. The van der Waals surface area contributed by atoms with Gasteiger partial charge in [-0.2, -0.15) is 0 Å². The van der Waals surface area contributed by atoms with Gasteiger partial charge in [-0.15, -0.1) is 11.3 Å². The Morgan fingerprint density at radius 3 is 1.72 bits per heavy atom. The maximum atomic E-state index is 2.61. The average Bonchev–Trinajstić information content (AvgIpc) is 3.76. The fourth-order valence-corrected chi connectivity index (χ4v) is 14.0. The standard InChI is InChI=1S/C53H40S/c1-2-11-36-32(10-1)20-23-44-50(36)46-29-33(21-22-42(46)52(44)48-34-25-30-24-31(27-34)28-35(48)26-30)49-38-13-3-5-15-40(38)51(41-16-6-4-14-39(41)49)45-18-9-17-43-37-12-7-8-19-47(37)54-53(43)45/h1-23,29-31,34-35,48,52H,24-28H2. The van der Waals surface area contributed by atoms with Gasteiger partial charge in [-0.05, 0) is 145 Å². The molecule has 0 aliphatic heterocycles. The third-order valence-corrected chi connectivity index (χ3v) is 15.8. The SMILES string of the molecule is c1ccc2c3c(ccc2c1)C(C1C2CC4CC(C2)CC1C4)c1ccc(-c2c4ccccc4c(-c4cccc5c4sc4ccccc45)c4ccccc24)cc1-3. The number of fused-ring (bicyclic) bond motifs is 10. The van der Waals surface area contributed by atoms with Crippen molar-refractivity contribution in [1.29, 1.82) is 0 Å². The molecule has 5 aliphatic carbocycles. The van der Waals surface area contributed by atoms with Gasteiger partial charge in [0.15, 0.2) is 0 Å². The summed E-state index contributed by atoms with van der Waals surface area (Å²) in [7, 11) is 0. The van der Waals surface area contributed by atoms with Crippen molar-refractivity contribution < 1.29 is 0 Å². The van der Waals surface area contributed by atoms with E-state index in [0.29, 0.717) is 5.92 Å². The molecule has 5 aliphatic rings. The van der Waals surface area contributed by atoms with Crippen molar-refractivity contribution in [3.8, 4) is 33.4 Å². The number of hydrogen-bond donors (Lipinski definition) is 0. The fraction of sp³-hybridized carbons (Fsp3) is 0.208. The van der Waals surface area contributed by atoms with Gasteiger partial charge in [0, 0.05) is 31.7 Å². The molecule has 1 atom stereocenters. The van der Waals surface area contributed by atoms with E-state index in [1.165, 1.54) is 118 Å². The zero-order valence-electron chi connectivity index (χ0n) is 30.3. The molecule has 1 heterocycles. The molecule has 0 radical (unpaired) electrons. The van der Waals surface area contributed by atoms with Gasteiger partial charge in [0.25, 0.3) is 0 Å².